The number of methoxy groups -OCH3 is 1. The van der Waals surface area contributed by atoms with E-state index in [9.17, 15) is 0 Å². The van der Waals surface area contributed by atoms with E-state index in [-0.39, 0.29) is 5.41 Å². The topological polar surface area (TPSA) is 53.1 Å². The molecular weight excluding hydrogens is 238 g/mol. The maximum Gasteiger partial charge on any atom is 0.129 e. The van der Waals surface area contributed by atoms with Crippen molar-refractivity contribution in [3.8, 4) is 11.1 Å². The highest BCUT2D eigenvalue weighted by molar-refractivity contribution is 5.77. The van der Waals surface area contributed by atoms with E-state index in [2.05, 4.69) is 31.1 Å². The normalized spacial score (nSPS) is 11.8. The van der Waals surface area contributed by atoms with E-state index >= 15 is 0 Å². The molecule has 0 fully saturated rings. The molecular formula is C15H21N3O. The quantitative estimate of drug-likeness (QED) is 0.918. The lowest BCUT2D eigenvalue weighted by Gasteiger charge is -2.26. The van der Waals surface area contributed by atoms with Gasteiger partial charge in [0.2, 0.25) is 0 Å². The molecule has 0 saturated carbocycles. The molecule has 4 heteroatoms. The molecule has 1 heterocycles. The Morgan fingerprint density at radius 1 is 1.26 bits per heavy atom. The van der Waals surface area contributed by atoms with Crippen molar-refractivity contribution in [2.75, 3.05) is 19.5 Å². The number of nitrogen functional groups attached to an aromatic ring is 1. The average molecular weight is 259 g/mol. The van der Waals surface area contributed by atoms with Crippen molar-refractivity contribution >= 4 is 5.82 Å². The van der Waals surface area contributed by atoms with Crippen molar-refractivity contribution in [2.24, 2.45) is 7.05 Å². The minimum atomic E-state index is -0.0758. The van der Waals surface area contributed by atoms with Gasteiger partial charge in [-0.2, -0.15) is 5.10 Å². The Balaban J connectivity index is 2.56. The summed E-state index contributed by atoms with van der Waals surface area (Å²) >= 11 is 0. The van der Waals surface area contributed by atoms with Crippen molar-refractivity contribution in [1.29, 1.82) is 0 Å². The summed E-state index contributed by atoms with van der Waals surface area (Å²) < 4.78 is 7.03. The first-order valence-corrected chi connectivity index (χ1v) is 6.33. The molecule has 0 atom stereocenters. The van der Waals surface area contributed by atoms with Crippen LogP contribution < -0.4 is 5.73 Å². The van der Waals surface area contributed by atoms with E-state index in [0.29, 0.717) is 12.4 Å². The zero-order valence-corrected chi connectivity index (χ0v) is 12.0. The van der Waals surface area contributed by atoms with Gasteiger partial charge < -0.3 is 10.5 Å². The molecule has 0 saturated heterocycles. The maximum absolute atomic E-state index is 6.09. The SMILES string of the molecule is COCC(C)(C)c1ccccc1-c1cnn(C)c1N. The Bertz CT molecular complexity index is 573. The van der Waals surface area contributed by atoms with Crippen LogP contribution in [0.3, 0.4) is 0 Å². The summed E-state index contributed by atoms with van der Waals surface area (Å²) in [6, 6.07) is 8.28. The van der Waals surface area contributed by atoms with E-state index in [1.807, 2.05) is 25.4 Å². The third-order valence-electron chi connectivity index (χ3n) is 3.44. The summed E-state index contributed by atoms with van der Waals surface area (Å²) in [6.45, 7) is 4.99. The number of ether oxygens (including phenoxy) is 1. The van der Waals surface area contributed by atoms with Gasteiger partial charge in [0, 0.05) is 25.1 Å². The fraction of sp³-hybridized carbons (Fsp3) is 0.400. The summed E-state index contributed by atoms with van der Waals surface area (Å²) in [5.74, 6) is 0.681. The zero-order valence-electron chi connectivity index (χ0n) is 12.0. The maximum atomic E-state index is 6.09. The van der Waals surface area contributed by atoms with Gasteiger partial charge in [0.1, 0.15) is 5.82 Å². The summed E-state index contributed by atoms with van der Waals surface area (Å²) in [5, 5.41) is 4.22. The second-order valence-electron chi connectivity index (χ2n) is 5.43. The van der Waals surface area contributed by atoms with E-state index < -0.39 is 0 Å². The Kier molecular flexibility index (Phi) is 3.62. The van der Waals surface area contributed by atoms with Gasteiger partial charge in [0.25, 0.3) is 0 Å². The van der Waals surface area contributed by atoms with Gasteiger partial charge in [-0.3, -0.25) is 4.68 Å². The molecule has 2 N–H and O–H groups in total. The first-order chi connectivity index (χ1) is 8.97. The Labute approximate surface area is 114 Å². The van der Waals surface area contributed by atoms with Gasteiger partial charge in [0.05, 0.1) is 12.8 Å². The fourth-order valence-electron chi connectivity index (χ4n) is 2.40. The van der Waals surface area contributed by atoms with Crippen LogP contribution in [0.25, 0.3) is 11.1 Å². The molecule has 4 nitrogen and oxygen atoms in total. The molecule has 0 aliphatic carbocycles. The summed E-state index contributed by atoms with van der Waals surface area (Å²) in [5.41, 5.74) is 9.33. The number of anilines is 1. The Morgan fingerprint density at radius 3 is 2.53 bits per heavy atom. The summed E-state index contributed by atoms with van der Waals surface area (Å²) in [7, 11) is 3.57. The lowest BCUT2D eigenvalue weighted by molar-refractivity contribution is 0.147. The standard InChI is InChI=1S/C15H21N3O/c1-15(2,10-19-4)13-8-6-5-7-11(13)12-9-17-18(3)14(12)16/h5-9H,10,16H2,1-4H3. The van der Waals surface area contributed by atoms with E-state index in [0.717, 1.165) is 11.1 Å². The van der Waals surface area contributed by atoms with Crippen LogP contribution in [-0.2, 0) is 17.2 Å². The van der Waals surface area contributed by atoms with E-state index in [4.69, 9.17) is 10.5 Å². The first kappa shape index (κ1) is 13.6. The molecule has 102 valence electrons. The van der Waals surface area contributed by atoms with Crippen LogP contribution >= 0.6 is 0 Å². The molecule has 1 aromatic carbocycles. The molecule has 2 aromatic rings. The number of benzene rings is 1. The molecule has 0 aliphatic rings. The molecule has 0 radical (unpaired) electrons. The van der Waals surface area contributed by atoms with E-state index in [1.165, 1.54) is 5.56 Å². The highest BCUT2D eigenvalue weighted by atomic mass is 16.5. The highest BCUT2D eigenvalue weighted by Crippen LogP contribution is 2.35. The van der Waals surface area contributed by atoms with Gasteiger partial charge in [-0.15, -0.1) is 0 Å². The van der Waals surface area contributed by atoms with Crippen molar-refractivity contribution in [2.45, 2.75) is 19.3 Å². The molecule has 0 amide bonds. The molecule has 1 aromatic heterocycles. The summed E-state index contributed by atoms with van der Waals surface area (Å²) in [6.07, 6.45) is 1.82. The number of aryl methyl sites for hydroxylation is 1. The second kappa shape index (κ2) is 5.05. The van der Waals surface area contributed by atoms with Gasteiger partial charge in [-0.05, 0) is 11.1 Å². The average Bonchev–Trinajstić information content (AvgIpc) is 2.70. The number of rotatable bonds is 4. The van der Waals surface area contributed by atoms with Gasteiger partial charge in [-0.25, -0.2) is 0 Å². The zero-order chi connectivity index (χ0) is 14.0. The largest absolute Gasteiger partial charge is 0.384 e. The van der Waals surface area contributed by atoms with Crippen LogP contribution in [-0.4, -0.2) is 23.5 Å². The lowest BCUT2D eigenvalue weighted by atomic mass is 9.81. The van der Waals surface area contributed by atoms with Crippen molar-refractivity contribution < 1.29 is 4.74 Å². The molecule has 19 heavy (non-hydrogen) atoms. The molecule has 0 aliphatic heterocycles. The Hall–Kier alpha value is -1.81. The van der Waals surface area contributed by atoms with Crippen molar-refractivity contribution in [3.05, 3.63) is 36.0 Å². The van der Waals surface area contributed by atoms with Gasteiger partial charge >= 0.3 is 0 Å². The third kappa shape index (κ3) is 2.49. The monoisotopic (exact) mass is 259 g/mol. The van der Waals surface area contributed by atoms with Gasteiger partial charge in [-0.1, -0.05) is 38.1 Å². The Morgan fingerprint density at radius 2 is 1.95 bits per heavy atom. The molecule has 2 rings (SSSR count). The summed E-state index contributed by atoms with van der Waals surface area (Å²) in [4.78, 5) is 0. The number of nitrogens with two attached hydrogens (primary N) is 1. The minimum absolute atomic E-state index is 0.0758. The predicted octanol–water partition coefficient (Wildman–Crippen LogP) is 2.59. The second-order valence-corrected chi connectivity index (χ2v) is 5.43. The number of nitrogens with zero attached hydrogens (tertiary/aromatic N) is 2. The molecule has 0 bridgehead atoms. The number of hydrogen-bond donors (Lipinski definition) is 1. The number of hydrogen-bond acceptors (Lipinski definition) is 3. The van der Waals surface area contributed by atoms with Crippen molar-refractivity contribution in [3.63, 3.8) is 0 Å². The van der Waals surface area contributed by atoms with Crippen LogP contribution in [0.4, 0.5) is 5.82 Å². The minimum Gasteiger partial charge on any atom is -0.384 e. The number of aromatic nitrogens is 2. The fourth-order valence-corrected chi connectivity index (χ4v) is 2.40. The van der Waals surface area contributed by atoms with Crippen LogP contribution in [0.2, 0.25) is 0 Å². The van der Waals surface area contributed by atoms with Crippen LogP contribution in [0, 0.1) is 0 Å². The smallest absolute Gasteiger partial charge is 0.129 e. The third-order valence-corrected chi connectivity index (χ3v) is 3.44. The van der Waals surface area contributed by atoms with Crippen LogP contribution in [0.1, 0.15) is 19.4 Å². The van der Waals surface area contributed by atoms with Crippen LogP contribution in [0.15, 0.2) is 30.5 Å². The highest BCUT2D eigenvalue weighted by Gasteiger charge is 2.25. The van der Waals surface area contributed by atoms with Gasteiger partial charge in [0.15, 0.2) is 0 Å². The molecule has 0 spiro atoms. The van der Waals surface area contributed by atoms with E-state index in [1.54, 1.807) is 11.8 Å². The van der Waals surface area contributed by atoms with Crippen LogP contribution in [0.5, 0.6) is 0 Å². The first-order valence-electron chi connectivity index (χ1n) is 6.33. The predicted molar refractivity (Wildman–Crippen MR) is 78.0 cm³/mol. The lowest BCUT2D eigenvalue weighted by Crippen LogP contribution is -2.24. The molecule has 0 unspecified atom stereocenters. The van der Waals surface area contributed by atoms with Crippen molar-refractivity contribution in [1.82, 2.24) is 9.78 Å².